The highest BCUT2D eigenvalue weighted by atomic mass is 32.2. The zero-order valence-corrected chi connectivity index (χ0v) is 19.4. The topological polar surface area (TPSA) is 97.2 Å². The van der Waals surface area contributed by atoms with Crippen LogP contribution in [0.2, 0.25) is 0 Å². The SMILES string of the molecule is COc1cc(/C=C2/SC(=Nc3ccccc3C)NC2=O)ccc1OCc1ccc(C(=O)O)cc1. The fourth-order valence-electron chi connectivity index (χ4n) is 3.23. The van der Waals surface area contributed by atoms with E-state index in [0.717, 1.165) is 22.4 Å². The van der Waals surface area contributed by atoms with E-state index in [0.29, 0.717) is 21.6 Å². The van der Waals surface area contributed by atoms with Crippen LogP contribution in [0.15, 0.2) is 76.6 Å². The first-order chi connectivity index (χ1) is 16.4. The van der Waals surface area contributed by atoms with Gasteiger partial charge < -0.3 is 19.9 Å². The number of amidine groups is 1. The van der Waals surface area contributed by atoms with Gasteiger partial charge in [-0.25, -0.2) is 9.79 Å². The van der Waals surface area contributed by atoms with Crippen LogP contribution in [0.5, 0.6) is 11.5 Å². The number of amides is 1. The molecule has 4 rings (SSSR count). The Bertz CT molecular complexity index is 1300. The van der Waals surface area contributed by atoms with Gasteiger partial charge in [0.15, 0.2) is 16.7 Å². The van der Waals surface area contributed by atoms with Crippen LogP contribution in [0.3, 0.4) is 0 Å². The molecular weight excluding hydrogens is 452 g/mol. The van der Waals surface area contributed by atoms with Crippen LogP contribution in [-0.2, 0) is 11.4 Å². The third-order valence-electron chi connectivity index (χ3n) is 5.07. The molecule has 1 aliphatic rings. The maximum atomic E-state index is 12.4. The fraction of sp³-hybridized carbons (Fsp3) is 0.115. The molecule has 2 N–H and O–H groups in total. The minimum atomic E-state index is -0.971. The van der Waals surface area contributed by atoms with Crippen molar-refractivity contribution in [3.05, 3.63) is 93.9 Å². The first-order valence-corrected chi connectivity index (χ1v) is 11.2. The molecule has 0 saturated carbocycles. The number of aromatic carboxylic acids is 1. The zero-order chi connectivity index (χ0) is 24.1. The van der Waals surface area contributed by atoms with Crippen LogP contribution >= 0.6 is 11.8 Å². The summed E-state index contributed by atoms with van der Waals surface area (Å²) in [6, 6.07) is 19.6. The Morgan fingerprint density at radius 2 is 1.85 bits per heavy atom. The van der Waals surface area contributed by atoms with E-state index in [-0.39, 0.29) is 18.1 Å². The standard InChI is InChI=1S/C26H22N2O5S/c1-16-5-3-4-6-20(16)27-26-28-24(29)23(34-26)14-18-9-12-21(22(13-18)32-2)33-15-17-7-10-19(11-8-17)25(30)31/h3-14H,15H2,1-2H3,(H,30,31)(H,27,28,29)/b23-14+. The van der Waals surface area contributed by atoms with Gasteiger partial charge in [-0.3, -0.25) is 4.79 Å². The Hall–Kier alpha value is -4.04. The van der Waals surface area contributed by atoms with Crippen LogP contribution in [-0.4, -0.2) is 29.3 Å². The first-order valence-electron chi connectivity index (χ1n) is 10.4. The van der Waals surface area contributed by atoms with Crippen molar-refractivity contribution in [1.29, 1.82) is 0 Å². The monoisotopic (exact) mass is 474 g/mol. The largest absolute Gasteiger partial charge is 0.493 e. The fourth-order valence-corrected chi connectivity index (χ4v) is 4.06. The quantitative estimate of drug-likeness (QED) is 0.459. The number of carboxylic acids is 1. The summed E-state index contributed by atoms with van der Waals surface area (Å²) in [5.74, 6) is -0.117. The lowest BCUT2D eigenvalue weighted by atomic mass is 10.1. The highest BCUT2D eigenvalue weighted by Gasteiger charge is 2.24. The van der Waals surface area contributed by atoms with Crippen LogP contribution in [0, 0.1) is 6.92 Å². The molecule has 0 aromatic heterocycles. The number of methoxy groups -OCH3 is 1. The minimum absolute atomic E-state index is 0.207. The second kappa shape index (κ2) is 10.3. The van der Waals surface area contributed by atoms with Gasteiger partial charge in [0.05, 0.1) is 23.3 Å². The molecule has 8 heteroatoms. The van der Waals surface area contributed by atoms with Gasteiger partial charge in [0, 0.05) is 0 Å². The molecule has 0 bridgehead atoms. The Balaban J connectivity index is 1.47. The summed E-state index contributed by atoms with van der Waals surface area (Å²) in [6.45, 7) is 2.23. The molecule has 1 saturated heterocycles. The highest BCUT2D eigenvalue weighted by Crippen LogP contribution is 2.33. The molecule has 1 fully saturated rings. The van der Waals surface area contributed by atoms with Crippen molar-refractivity contribution in [2.75, 3.05) is 7.11 Å². The van der Waals surface area contributed by atoms with E-state index in [2.05, 4.69) is 10.3 Å². The van der Waals surface area contributed by atoms with E-state index >= 15 is 0 Å². The van der Waals surface area contributed by atoms with Gasteiger partial charge >= 0.3 is 5.97 Å². The van der Waals surface area contributed by atoms with Gasteiger partial charge in [-0.15, -0.1) is 0 Å². The number of aryl methyl sites for hydroxylation is 1. The number of carboxylic acid groups (broad SMARTS) is 1. The van der Waals surface area contributed by atoms with E-state index < -0.39 is 5.97 Å². The molecule has 172 valence electrons. The number of hydrogen-bond donors (Lipinski definition) is 2. The number of nitrogens with one attached hydrogen (secondary N) is 1. The molecule has 0 spiro atoms. The van der Waals surface area contributed by atoms with Crippen molar-refractivity contribution >= 4 is 40.6 Å². The summed E-state index contributed by atoms with van der Waals surface area (Å²) in [5.41, 5.74) is 3.68. The van der Waals surface area contributed by atoms with Gasteiger partial charge in [0.25, 0.3) is 5.91 Å². The summed E-state index contributed by atoms with van der Waals surface area (Å²) in [5, 5.41) is 12.3. The molecule has 0 atom stereocenters. The predicted molar refractivity (Wildman–Crippen MR) is 133 cm³/mol. The van der Waals surface area contributed by atoms with Gasteiger partial charge in [-0.2, -0.15) is 0 Å². The number of benzene rings is 3. The molecule has 0 aliphatic carbocycles. The summed E-state index contributed by atoms with van der Waals surface area (Å²) < 4.78 is 11.3. The van der Waals surface area contributed by atoms with Crippen molar-refractivity contribution in [1.82, 2.24) is 5.32 Å². The lowest BCUT2D eigenvalue weighted by molar-refractivity contribution is -0.115. The number of ether oxygens (including phenoxy) is 2. The van der Waals surface area contributed by atoms with Crippen molar-refractivity contribution in [2.24, 2.45) is 4.99 Å². The molecule has 0 radical (unpaired) electrons. The molecule has 34 heavy (non-hydrogen) atoms. The number of rotatable bonds is 7. The lowest BCUT2D eigenvalue weighted by Gasteiger charge is -2.11. The maximum Gasteiger partial charge on any atom is 0.335 e. The van der Waals surface area contributed by atoms with Crippen LogP contribution < -0.4 is 14.8 Å². The van der Waals surface area contributed by atoms with E-state index in [1.54, 1.807) is 37.5 Å². The van der Waals surface area contributed by atoms with Crippen LogP contribution in [0.4, 0.5) is 5.69 Å². The number of carbonyl (C=O) groups excluding carboxylic acids is 1. The van der Waals surface area contributed by atoms with Gasteiger partial charge in [0.2, 0.25) is 0 Å². The van der Waals surface area contributed by atoms with E-state index in [9.17, 15) is 9.59 Å². The van der Waals surface area contributed by atoms with Crippen molar-refractivity contribution in [2.45, 2.75) is 13.5 Å². The molecule has 0 unspecified atom stereocenters. The van der Waals surface area contributed by atoms with Gasteiger partial charge in [0.1, 0.15) is 6.61 Å². The lowest BCUT2D eigenvalue weighted by Crippen LogP contribution is -2.19. The highest BCUT2D eigenvalue weighted by molar-refractivity contribution is 8.18. The molecule has 1 heterocycles. The molecule has 1 amide bonds. The number of aliphatic imine (C=N–C) groups is 1. The Morgan fingerprint density at radius 1 is 1.09 bits per heavy atom. The van der Waals surface area contributed by atoms with Crippen molar-refractivity contribution < 1.29 is 24.2 Å². The maximum absolute atomic E-state index is 12.4. The first kappa shape index (κ1) is 23.1. The third kappa shape index (κ3) is 5.47. The number of hydrogen-bond acceptors (Lipinski definition) is 6. The Morgan fingerprint density at radius 3 is 2.56 bits per heavy atom. The molecule has 7 nitrogen and oxygen atoms in total. The smallest absolute Gasteiger partial charge is 0.335 e. The molecular formula is C26H22N2O5S. The van der Waals surface area contributed by atoms with Gasteiger partial charge in [-0.1, -0.05) is 36.4 Å². The molecule has 1 aliphatic heterocycles. The molecule has 3 aromatic carbocycles. The van der Waals surface area contributed by atoms with Crippen molar-refractivity contribution in [3.8, 4) is 11.5 Å². The van der Waals surface area contributed by atoms with E-state index in [4.69, 9.17) is 14.6 Å². The molecule has 3 aromatic rings. The summed E-state index contributed by atoms with van der Waals surface area (Å²) in [7, 11) is 1.55. The predicted octanol–water partition coefficient (Wildman–Crippen LogP) is 5.17. The van der Waals surface area contributed by atoms with Crippen LogP contribution in [0.25, 0.3) is 6.08 Å². The van der Waals surface area contributed by atoms with E-state index in [1.165, 1.54) is 23.9 Å². The van der Waals surface area contributed by atoms with E-state index in [1.807, 2.05) is 37.3 Å². The number of thioether (sulfide) groups is 1. The Kier molecular flexibility index (Phi) is 6.98. The summed E-state index contributed by atoms with van der Waals surface area (Å²) in [4.78, 5) is 28.5. The summed E-state index contributed by atoms with van der Waals surface area (Å²) >= 11 is 1.28. The van der Waals surface area contributed by atoms with Crippen molar-refractivity contribution in [3.63, 3.8) is 0 Å². The van der Waals surface area contributed by atoms with Gasteiger partial charge in [-0.05, 0) is 71.8 Å². The summed E-state index contributed by atoms with van der Waals surface area (Å²) in [6.07, 6.45) is 1.78. The minimum Gasteiger partial charge on any atom is -0.493 e. The third-order valence-corrected chi connectivity index (χ3v) is 5.98. The average molecular weight is 475 g/mol. The second-order valence-corrected chi connectivity index (χ2v) is 8.50. The zero-order valence-electron chi connectivity index (χ0n) is 18.6. The normalized spacial score (nSPS) is 15.4. The Labute approximate surface area is 201 Å². The van der Waals surface area contributed by atoms with Crippen LogP contribution in [0.1, 0.15) is 27.0 Å². The average Bonchev–Trinajstić information content (AvgIpc) is 3.18. The second-order valence-electron chi connectivity index (χ2n) is 7.47. The number of carbonyl (C=O) groups is 2. The number of para-hydroxylation sites is 1. The number of nitrogens with zero attached hydrogens (tertiary/aromatic N) is 1.